The summed E-state index contributed by atoms with van der Waals surface area (Å²) in [5.41, 5.74) is 0.316. The molecule has 4 heterocycles. The second-order valence-electron chi connectivity index (χ2n) is 7.06. The summed E-state index contributed by atoms with van der Waals surface area (Å²) in [6.45, 7) is 2.60. The number of hydrogen-bond donors (Lipinski definition) is 0. The van der Waals surface area contributed by atoms with Crippen molar-refractivity contribution in [2.75, 3.05) is 6.79 Å². The Bertz CT molecular complexity index is 1570. The standard InChI is InChI=1S/C19H18N6O5S/c1-4-25-10-5-11-12(30-9-29-11)6-13(10)31-18(25)21-14(26)7-24-8-20-16-15(24)17(27)23(3)19(28)22(16)2/h5-6,8H,4,7,9H2,1-3H3. The van der Waals surface area contributed by atoms with Crippen molar-refractivity contribution >= 4 is 38.6 Å². The number of nitrogens with zero attached hydrogens (tertiary/aromatic N) is 6. The fraction of sp³-hybridized carbons (Fsp3) is 0.316. The monoisotopic (exact) mass is 442 g/mol. The number of fused-ring (bicyclic) bond motifs is 3. The number of imidazole rings is 1. The number of aromatic nitrogens is 5. The van der Waals surface area contributed by atoms with Crippen molar-refractivity contribution in [1.29, 1.82) is 0 Å². The van der Waals surface area contributed by atoms with Gasteiger partial charge in [-0.3, -0.25) is 18.7 Å². The van der Waals surface area contributed by atoms with E-state index in [0.29, 0.717) is 22.8 Å². The largest absolute Gasteiger partial charge is 0.454 e. The summed E-state index contributed by atoms with van der Waals surface area (Å²) in [6.07, 6.45) is 1.37. The molecule has 3 aromatic heterocycles. The number of amides is 1. The van der Waals surface area contributed by atoms with Gasteiger partial charge in [-0.15, -0.1) is 0 Å². The summed E-state index contributed by atoms with van der Waals surface area (Å²) < 4.78 is 17.4. The minimum atomic E-state index is -0.511. The van der Waals surface area contributed by atoms with Crippen LogP contribution in [-0.2, 0) is 32.0 Å². The highest BCUT2D eigenvalue weighted by atomic mass is 32.1. The molecule has 0 unspecified atom stereocenters. The topological polar surface area (TPSA) is 115 Å². The van der Waals surface area contributed by atoms with Gasteiger partial charge in [0.1, 0.15) is 6.54 Å². The normalized spacial score (nSPS) is 13.6. The van der Waals surface area contributed by atoms with Gasteiger partial charge in [0.2, 0.25) is 6.79 Å². The van der Waals surface area contributed by atoms with E-state index in [1.54, 1.807) is 0 Å². The molecule has 1 amide bonds. The van der Waals surface area contributed by atoms with Crippen LogP contribution in [0, 0.1) is 0 Å². The smallest absolute Gasteiger partial charge is 0.332 e. The Morgan fingerprint density at radius 3 is 2.68 bits per heavy atom. The molecule has 0 bridgehead atoms. The van der Waals surface area contributed by atoms with Crippen LogP contribution < -0.4 is 25.5 Å². The summed E-state index contributed by atoms with van der Waals surface area (Å²) >= 11 is 1.37. The number of ether oxygens (including phenoxy) is 2. The van der Waals surface area contributed by atoms with E-state index in [1.165, 1.54) is 40.9 Å². The van der Waals surface area contributed by atoms with Crippen LogP contribution in [0.25, 0.3) is 21.4 Å². The van der Waals surface area contributed by atoms with E-state index in [4.69, 9.17) is 9.47 Å². The maximum absolute atomic E-state index is 12.8. The van der Waals surface area contributed by atoms with Crippen LogP contribution in [0.5, 0.6) is 11.5 Å². The van der Waals surface area contributed by atoms with E-state index >= 15 is 0 Å². The summed E-state index contributed by atoms with van der Waals surface area (Å²) in [6, 6.07) is 3.76. The molecule has 0 N–H and O–H groups in total. The van der Waals surface area contributed by atoms with Crippen molar-refractivity contribution in [3.05, 3.63) is 44.1 Å². The van der Waals surface area contributed by atoms with Crippen LogP contribution in [0.2, 0.25) is 0 Å². The zero-order chi connectivity index (χ0) is 21.9. The number of rotatable bonds is 3. The molecule has 0 radical (unpaired) electrons. The number of hydrogen-bond acceptors (Lipinski definition) is 7. The molecule has 5 rings (SSSR count). The minimum Gasteiger partial charge on any atom is -0.454 e. The predicted molar refractivity (Wildman–Crippen MR) is 112 cm³/mol. The van der Waals surface area contributed by atoms with Gasteiger partial charge >= 0.3 is 5.69 Å². The number of aryl methyl sites for hydroxylation is 2. The summed E-state index contributed by atoms with van der Waals surface area (Å²) in [7, 11) is 2.92. The van der Waals surface area contributed by atoms with E-state index < -0.39 is 17.2 Å². The summed E-state index contributed by atoms with van der Waals surface area (Å²) in [4.78, 5) is 46.4. The van der Waals surface area contributed by atoms with Crippen LogP contribution in [0.4, 0.5) is 0 Å². The predicted octanol–water partition coefficient (Wildman–Crippen LogP) is 0.326. The molecule has 0 saturated carbocycles. The SMILES string of the molecule is CCn1c(=NC(=O)Cn2cnc3c2c(=O)n(C)c(=O)n3C)sc2cc3c(cc21)OCO3. The van der Waals surface area contributed by atoms with Crippen molar-refractivity contribution in [2.24, 2.45) is 19.1 Å². The van der Waals surface area contributed by atoms with Crippen LogP contribution in [-0.4, -0.2) is 36.0 Å². The fourth-order valence-electron chi connectivity index (χ4n) is 3.66. The van der Waals surface area contributed by atoms with Crippen molar-refractivity contribution in [2.45, 2.75) is 20.0 Å². The third-order valence-corrected chi connectivity index (χ3v) is 6.28. The maximum Gasteiger partial charge on any atom is 0.332 e. The molecule has 1 aliphatic rings. The first-order valence-corrected chi connectivity index (χ1v) is 10.3. The van der Waals surface area contributed by atoms with Gasteiger partial charge in [0.05, 0.1) is 16.5 Å². The molecule has 0 spiro atoms. The van der Waals surface area contributed by atoms with Crippen molar-refractivity contribution < 1.29 is 14.3 Å². The maximum atomic E-state index is 12.8. The highest BCUT2D eigenvalue weighted by Gasteiger charge is 2.18. The lowest BCUT2D eigenvalue weighted by molar-refractivity contribution is -0.118. The van der Waals surface area contributed by atoms with E-state index in [-0.39, 0.29) is 24.5 Å². The van der Waals surface area contributed by atoms with Gasteiger partial charge in [0, 0.05) is 32.8 Å². The van der Waals surface area contributed by atoms with Gasteiger partial charge in [0.25, 0.3) is 11.5 Å². The Balaban J connectivity index is 1.57. The van der Waals surface area contributed by atoms with Gasteiger partial charge in [-0.1, -0.05) is 11.3 Å². The Morgan fingerprint density at radius 2 is 1.94 bits per heavy atom. The molecule has 31 heavy (non-hydrogen) atoms. The Hall–Kier alpha value is -3.67. The Kier molecular flexibility index (Phi) is 4.32. The molecular formula is C19H18N6O5S. The third-order valence-electron chi connectivity index (χ3n) is 5.24. The van der Waals surface area contributed by atoms with Crippen molar-refractivity contribution in [3.8, 4) is 11.5 Å². The third kappa shape index (κ3) is 2.90. The summed E-state index contributed by atoms with van der Waals surface area (Å²) in [5.74, 6) is 0.891. The molecule has 1 aliphatic heterocycles. The number of benzene rings is 1. The average molecular weight is 442 g/mol. The molecule has 0 atom stereocenters. The van der Waals surface area contributed by atoms with E-state index in [1.807, 2.05) is 23.6 Å². The quantitative estimate of drug-likeness (QED) is 0.452. The van der Waals surface area contributed by atoms with E-state index in [9.17, 15) is 14.4 Å². The van der Waals surface area contributed by atoms with Gasteiger partial charge in [0.15, 0.2) is 27.5 Å². The van der Waals surface area contributed by atoms with Crippen LogP contribution in [0.3, 0.4) is 0 Å². The Labute approximate surface area is 178 Å². The van der Waals surface area contributed by atoms with Crippen LogP contribution >= 0.6 is 11.3 Å². The number of carbonyl (C=O) groups is 1. The van der Waals surface area contributed by atoms with Crippen molar-refractivity contribution in [3.63, 3.8) is 0 Å². The van der Waals surface area contributed by atoms with Crippen LogP contribution in [0.15, 0.2) is 33.0 Å². The molecule has 0 saturated heterocycles. The van der Waals surface area contributed by atoms with E-state index in [0.717, 1.165) is 14.8 Å². The molecule has 4 aromatic rings. The molecule has 12 heteroatoms. The summed E-state index contributed by atoms with van der Waals surface area (Å²) in [5, 5.41) is 0. The first kappa shape index (κ1) is 19.3. The van der Waals surface area contributed by atoms with Gasteiger partial charge in [-0.05, 0) is 6.92 Å². The first-order chi connectivity index (χ1) is 14.9. The zero-order valence-corrected chi connectivity index (χ0v) is 17.8. The molecule has 1 aromatic carbocycles. The molecule has 11 nitrogen and oxygen atoms in total. The zero-order valence-electron chi connectivity index (χ0n) is 17.0. The molecule has 160 valence electrons. The molecule has 0 aliphatic carbocycles. The van der Waals surface area contributed by atoms with Gasteiger partial charge in [-0.2, -0.15) is 4.99 Å². The Morgan fingerprint density at radius 1 is 1.19 bits per heavy atom. The highest BCUT2D eigenvalue weighted by molar-refractivity contribution is 7.16. The molecule has 0 fully saturated rings. The molecular weight excluding hydrogens is 424 g/mol. The minimum absolute atomic E-state index is 0.176. The van der Waals surface area contributed by atoms with Gasteiger partial charge < -0.3 is 18.6 Å². The first-order valence-electron chi connectivity index (χ1n) is 9.50. The second-order valence-corrected chi connectivity index (χ2v) is 8.07. The fourth-order valence-corrected chi connectivity index (χ4v) is 4.78. The highest BCUT2D eigenvalue weighted by Crippen LogP contribution is 2.36. The lowest BCUT2D eigenvalue weighted by Crippen LogP contribution is -2.37. The number of carbonyl (C=O) groups excluding carboxylic acids is 1. The number of thiazole rings is 1. The van der Waals surface area contributed by atoms with E-state index in [2.05, 4.69) is 9.98 Å². The van der Waals surface area contributed by atoms with Gasteiger partial charge in [-0.25, -0.2) is 9.78 Å². The van der Waals surface area contributed by atoms with Crippen LogP contribution in [0.1, 0.15) is 6.92 Å². The second kappa shape index (κ2) is 6.94. The lowest BCUT2D eigenvalue weighted by Gasteiger charge is -2.05. The van der Waals surface area contributed by atoms with Crippen molar-refractivity contribution in [1.82, 2.24) is 23.3 Å². The lowest BCUT2D eigenvalue weighted by atomic mass is 10.3. The average Bonchev–Trinajstić information content (AvgIpc) is 3.45.